The maximum atomic E-state index is 11.7. The summed E-state index contributed by atoms with van der Waals surface area (Å²) in [6, 6.07) is 4.46. The van der Waals surface area contributed by atoms with E-state index in [0.29, 0.717) is 22.7 Å². The summed E-state index contributed by atoms with van der Waals surface area (Å²) in [5.41, 5.74) is 6.41. The lowest BCUT2D eigenvalue weighted by molar-refractivity contribution is 0.0915. The predicted octanol–water partition coefficient (Wildman–Crippen LogP) is 1.42. The van der Waals surface area contributed by atoms with Gasteiger partial charge in [0.1, 0.15) is 0 Å². The van der Waals surface area contributed by atoms with E-state index < -0.39 is 0 Å². The fourth-order valence-electron chi connectivity index (χ4n) is 1.21. The quantitative estimate of drug-likeness (QED) is 0.699. The lowest BCUT2D eigenvalue weighted by atomic mass is 10.1. The molecule has 1 atom stereocenters. The molecule has 0 spiro atoms. The van der Waals surface area contributed by atoms with Gasteiger partial charge in [-0.1, -0.05) is 18.5 Å². The Kier molecular flexibility index (Phi) is 4.58. The highest BCUT2D eigenvalue weighted by molar-refractivity contribution is 6.33. The molecule has 1 rings (SSSR count). The van der Waals surface area contributed by atoms with Crippen LogP contribution in [0.25, 0.3) is 0 Å². The third-order valence-electron chi connectivity index (χ3n) is 2.31. The molecule has 0 heterocycles. The lowest BCUT2D eigenvalue weighted by Gasteiger charge is -2.14. The van der Waals surface area contributed by atoms with Gasteiger partial charge in [0.25, 0.3) is 5.91 Å². The zero-order chi connectivity index (χ0) is 12.1. The van der Waals surface area contributed by atoms with Gasteiger partial charge in [0.2, 0.25) is 0 Å². The number of rotatable bonds is 4. The Morgan fingerprint density at radius 2 is 2.31 bits per heavy atom. The minimum Gasteiger partial charge on any atom is -0.398 e. The largest absolute Gasteiger partial charge is 0.398 e. The molecule has 5 heteroatoms. The first kappa shape index (κ1) is 12.8. The molecule has 0 saturated heterocycles. The van der Waals surface area contributed by atoms with Crippen molar-refractivity contribution in [2.75, 3.05) is 12.3 Å². The number of benzene rings is 1. The highest BCUT2D eigenvalue weighted by Crippen LogP contribution is 2.19. The van der Waals surface area contributed by atoms with Crippen molar-refractivity contribution in [2.24, 2.45) is 0 Å². The molecule has 0 saturated carbocycles. The standard InChI is InChI=1S/C11H15ClN2O2/c1-2-8(6-15)14-11(16)7-3-4-10(13)9(12)5-7/h3-5,8,15H,2,6,13H2,1H3,(H,14,16). The second-order valence-electron chi connectivity index (χ2n) is 3.50. The first-order valence-electron chi connectivity index (χ1n) is 5.05. The van der Waals surface area contributed by atoms with Crippen LogP contribution in [0.1, 0.15) is 23.7 Å². The molecule has 4 N–H and O–H groups in total. The number of halogens is 1. The van der Waals surface area contributed by atoms with Gasteiger partial charge in [-0.15, -0.1) is 0 Å². The van der Waals surface area contributed by atoms with Crippen LogP contribution >= 0.6 is 11.6 Å². The summed E-state index contributed by atoms with van der Waals surface area (Å²) < 4.78 is 0. The number of nitrogens with one attached hydrogen (secondary N) is 1. The third kappa shape index (κ3) is 3.12. The van der Waals surface area contributed by atoms with Crippen LogP contribution in [0.5, 0.6) is 0 Å². The summed E-state index contributed by atoms with van der Waals surface area (Å²) in [6.07, 6.45) is 0.672. The van der Waals surface area contributed by atoms with Crippen molar-refractivity contribution in [3.8, 4) is 0 Å². The molecule has 0 aromatic heterocycles. The van der Waals surface area contributed by atoms with E-state index in [9.17, 15) is 4.79 Å². The van der Waals surface area contributed by atoms with E-state index in [1.54, 1.807) is 12.1 Å². The maximum absolute atomic E-state index is 11.7. The number of nitrogens with two attached hydrogens (primary N) is 1. The van der Waals surface area contributed by atoms with Gasteiger partial charge in [-0.2, -0.15) is 0 Å². The van der Waals surface area contributed by atoms with Gasteiger partial charge in [-0.05, 0) is 24.6 Å². The molecule has 16 heavy (non-hydrogen) atoms. The molecule has 0 aliphatic rings. The second-order valence-corrected chi connectivity index (χ2v) is 3.90. The van der Waals surface area contributed by atoms with E-state index in [4.69, 9.17) is 22.4 Å². The lowest BCUT2D eigenvalue weighted by Crippen LogP contribution is -2.36. The summed E-state index contributed by atoms with van der Waals surface area (Å²) >= 11 is 5.81. The molecule has 4 nitrogen and oxygen atoms in total. The molecule has 1 aromatic carbocycles. The van der Waals surface area contributed by atoms with Crippen molar-refractivity contribution in [3.63, 3.8) is 0 Å². The molecule has 0 bridgehead atoms. The maximum Gasteiger partial charge on any atom is 0.251 e. The third-order valence-corrected chi connectivity index (χ3v) is 2.64. The molecule has 1 aromatic rings. The van der Waals surface area contributed by atoms with Crippen LogP contribution in [0.4, 0.5) is 5.69 Å². The molecule has 0 aliphatic heterocycles. The first-order valence-corrected chi connectivity index (χ1v) is 5.43. The van der Waals surface area contributed by atoms with Crippen LogP contribution in [-0.2, 0) is 0 Å². The fourth-order valence-corrected chi connectivity index (χ4v) is 1.39. The minimum atomic E-state index is -0.261. The fraction of sp³-hybridized carbons (Fsp3) is 0.364. The summed E-state index contributed by atoms with van der Waals surface area (Å²) in [5.74, 6) is -0.261. The second kappa shape index (κ2) is 5.72. The number of aliphatic hydroxyl groups is 1. The van der Waals surface area contributed by atoms with Crippen molar-refractivity contribution in [2.45, 2.75) is 19.4 Å². The Morgan fingerprint density at radius 1 is 1.62 bits per heavy atom. The Bertz CT molecular complexity index is 378. The molecule has 88 valence electrons. The van der Waals surface area contributed by atoms with E-state index >= 15 is 0 Å². The number of aliphatic hydroxyl groups excluding tert-OH is 1. The zero-order valence-electron chi connectivity index (χ0n) is 9.03. The molecule has 1 amide bonds. The Morgan fingerprint density at radius 3 is 2.81 bits per heavy atom. The van der Waals surface area contributed by atoms with Gasteiger partial charge < -0.3 is 16.2 Å². The summed E-state index contributed by atoms with van der Waals surface area (Å²) in [7, 11) is 0. The normalized spacial score (nSPS) is 12.2. The number of carbonyl (C=O) groups is 1. The van der Waals surface area contributed by atoms with Crippen LogP contribution in [-0.4, -0.2) is 23.7 Å². The summed E-state index contributed by atoms with van der Waals surface area (Å²) in [6.45, 7) is 1.81. The SMILES string of the molecule is CCC(CO)NC(=O)c1ccc(N)c(Cl)c1. The van der Waals surface area contributed by atoms with Gasteiger partial charge >= 0.3 is 0 Å². The van der Waals surface area contributed by atoms with E-state index in [1.165, 1.54) is 6.07 Å². The Balaban J connectivity index is 2.76. The van der Waals surface area contributed by atoms with Crippen molar-refractivity contribution in [3.05, 3.63) is 28.8 Å². The van der Waals surface area contributed by atoms with E-state index in [-0.39, 0.29) is 18.6 Å². The molecule has 0 fully saturated rings. The molecule has 1 unspecified atom stereocenters. The first-order chi connectivity index (χ1) is 7.58. The topological polar surface area (TPSA) is 75.3 Å². The molecular formula is C11H15ClN2O2. The van der Waals surface area contributed by atoms with Crippen LogP contribution in [0.3, 0.4) is 0 Å². The number of amides is 1. The predicted molar refractivity (Wildman–Crippen MR) is 64.5 cm³/mol. The average molecular weight is 243 g/mol. The van der Waals surface area contributed by atoms with Crippen molar-refractivity contribution in [1.82, 2.24) is 5.32 Å². The van der Waals surface area contributed by atoms with Gasteiger partial charge in [0.05, 0.1) is 23.4 Å². The monoisotopic (exact) mass is 242 g/mol. The van der Waals surface area contributed by atoms with E-state index in [0.717, 1.165) is 0 Å². The molecule has 0 aliphatic carbocycles. The van der Waals surface area contributed by atoms with Crippen molar-refractivity contribution >= 4 is 23.2 Å². The van der Waals surface area contributed by atoms with E-state index in [1.807, 2.05) is 6.92 Å². The minimum absolute atomic E-state index is 0.0784. The number of hydrogen-bond acceptors (Lipinski definition) is 3. The summed E-state index contributed by atoms with van der Waals surface area (Å²) in [4.78, 5) is 11.7. The average Bonchev–Trinajstić information content (AvgIpc) is 2.29. The van der Waals surface area contributed by atoms with Crippen LogP contribution < -0.4 is 11.1 Å². The van der Waals surface area contributed by atoms with Crippen LogP contribution in [0.2, 0.25) is 5.02 Å². The highest BCUT2D eigenvalue weighted by Gasteiger charge is 2.11. The summed E-state index contributed by atoms with van der Waals surface area (Å²) in [5, 5.41) is 12.0. The van der Waals surface area contributed by atoms with Gasteiger partial charge in [0, 0.05) is 5.56 Å². The van der Waals surface area contributed by atoms with Crippen LogP contribution in [0.15, 0.2) is 18.2 Å². The van der Waals surface area contributed by atoms with Gasteiger partial charge in [-0.3, -0.25) is 4.79 Å². The molecule has 0 radical (unpaired) electrons. The number of carbonyl (C=O) groups excluding carboxylic acids is 1. The Labute approximate surface area is 99.4 Å². The molecular weight excluding hydrogens is 228 g/mol. The number of anilines is 1. The van der Waals surface area contributed by atoms with Gasteiger partial charge in [-0.25, -0.2) is 0 Å². The van der Waals surface area contributed by atoms with Crippen molar-refractivity contribution in [1.29, 1.82) is 0 Å². The van der Waals surface area contributed by atoms with Gasteiger partial charge in [0.15, 0.2) is 0 Å². The number of hydrogen-bond donors (Lipinski definition) is 3. The van der Waals surface area contributed by atoms with Crippen LogP contribution in [0, 0.1) is 0 Å². The number of nitrogen functional groups attached to an aromatic ring is 1. The zero-order valence-corrected chi connectivity index (χ0v) is 9.79. The Hall–Kier alpha value is -1.26. The van der Waals surface area contributed by atoms with E-state index in [2.05, 4.69) is 5.32 Å². The highest BCUT2D eigenvalue weighted by atomic mass is 35.5. The smallest absolute Gasteiger partial charge is 0.251 e. The van der Waals surface area contributed by atoms with Crippen molar-refractivity contribution < 1.29 is 9.90 Å².